The van der Waals surface area contributed by atoms with Gasteiger partial charge in [0.2, 0.25) is 0 Å². The standard InChI is InChI=1S/C17H20N4O3.C16H11N3O4.C8H16/c1-19(14-7-3-2-4-8-14)17(22)20-11-16(18-12-20)13-6-5-9-15(10-13)21(23)24;20-16(23-14-7-2-1-3-8-14)18-10-15(17-11-18)12-5-4-6-13(9-12)19(21)22;1-2-8-6-4-3-5-7-8/h5-6,9-12,14H,2-4,7-8H2,1H3;1-11H;8H,2-7H2,1H3. The fourth-order valence-corrected chi connectivity index (χ4v) is 6.75. The number of carbonyl (C=O) groups is 2. The second-order valence-electron chi connectivity index (χ2n) is 13.7. The summed E-state index contributed by atoms with van der Waals surface area (Å²) in [6, 6.07) is 21.1. The zero-order chi connectivity index (χ0) is 39.2. The first-order valence-electron chi connectivity index (χ1n) is 18.7. The van der Waals surface area contributed by atoms with Gasteiger partial charge in [0.05, 0.1) is 21.2 Å². The van der Waals surface area contributed by atoms with E-state index in [1.165, 1.54) is 97.2 Å². The van der Waals surface area contributed by atoms with E-state index in [1.54, 1.807) is 59.6 Å². The Morgan fingerprint density at radius 3 is 1.75 bits per heavy atom. The minimum absolute atomic E-state index is 0.00713. The van der Waals surface area contributed by atoms with Crippen molar-refractivity contribution in [3.8, 4) is 28.3 Å². The van der Waals surface area contributed by atoms with Gasteiger partial charge < -0.3 is 9.64 Å². The molecule has 3 aromatic carbocycles. The van der Waals surface area contributed by atoms with Crippen molar-refractivity contribution in [2.45, 2.75) is 83.6 Å². The molecule has 0 atom stereocenters. The fourth-order valence-electron chi connectivity index (χ4n) is 6.75. The molecule has 2 aliphatic rings. The third kappa shape index (κ3) is 11.4. The number of imidazole rings is 2. The highest BCUT2D eigenvalue weighted by Gasteiger charge is 2.23. The van der Waals surface area contributed by atoms with Gasteiger partial charge in [-0.1, -0.05) is 107 Å². The summed E-state index contributed by atoms with van der Waals surface area (Å²) in [6.45, 7) is 2.32. The first-order chi connectivity index (χ1) is 26.6. The maximum Gasteiger partial charge on any atom is 0.424 e. The van der Waals surface area contributed by atoms with Gasteiger partial charge in [0.25, 0.3) is 11.4 Å². The highest BCUT2D eigenvalue weighted by molar-refractivity contribution is 5.78. The summed E-state index contributed by atoms with van der Waals surface area (Å²) < 4.78 is 7.82. The van der Waals surface area contributed by atoms with E-state index in [1.807, 2.05) is 13.1 Å². The van der Waals surface area contributed by atoms with Crippen molar-refractivity contribution in [1.82, 2.24) is 24.0 Å². The molecule has 7 rings (SSSR count). The molecule has 0 N–H and O–H groups in total. The maximum absolute atomic E-state index is 12.6. The van der Waals surface area contributed by atoms with E-state index in [0.29, 0.717) is 28.3 Å². The van der Waals surface area contributed by atoms with Gasteiger partial charge in [-0.25, -0.2) is 24.1 Å². The predicted molar refractivity (Wildman–Crippen MR) is 209 cm³/mol. The molecule has 2 aromatic heterocycles. The Morgan fingerprint density at radius 1 is 0.727 bits per heavy atom. The van der Waals surface area contributed by atoms with Crippen LogP contribution in [-0.4, -0.2) is 59.1 Å². The smallest absolute Gasteiger partial charge is 0.410 e. The fraction of sp³-hybridized carbons (Fsp3) is 0.366. The highest BCUT2D eigenvalue weighted by atomic mass is 16.6. The molecule has 0 unspecified atom stereocenters. The molecular formula is C41H47N7O7. The molecule has 0 bridgehead atoms. The Balaban J connectivity index is 0.000000176. The van der Waals surface area contributed by atoms with E-state index in [4.69, 9.17) is 4.74 Å². The minimum atomic E-state index is -0.611. The first-order valence-corrected chi connectivity index (χ1v) is 18.7. The Labute approximate surface area is 320 Å². The van der Waals surface area contributed by atoms with Crippen molar-refractivity contribution in [3.05, 3.63) is 124 Å². The van der Waals surface area contributed by atoms with Crippen molar-refractivity contribution < 1.29 is 24.2 Å². The number of hydrogen-bond acceptors (Lipinski definition) is 9. The summed E-state index contributed by atoms with van der Waals surface area (Å²) in [7, 11) is 1.82. The molecule has 0 radical (unpaired) electrons. The van der Waals surface area contributed by atoms with E-state index < -0.39 is 15.9 Å². The predicted octanol–water partition coefficient (Wildman–Crippen LogP) is 10.2. The average Bonchev–Trinajstić information content (AvgIpc) is 3.94. The molecule has 14 nitrogen and oxygen atoms in total. The van der Waals surface area contributed by atoms with E-state index in [2.05, 4.69) is 16.9 Å². The van der Waals surface area contributed by atoms with Gasteiger partial charge in [-0.3, -0.25) is 24.8 Å². The number of ether oxygens (including phenoxy) is 1. The minimum Gasteiger partial charge on any atom is -0.410 e. The van der Waals surface area contributed by atoms with Crippen LogP contribution in [0.25, 0.3) is 22.5 Å². The van der Waals surface area contributed by atoms with Crippen LogP contribution in [0.4, 0.5) is 21.0 Å². The van der Waals surface area contributed by atoms with Crippen LogP contribution in [0.5, 0.6) is 5.75 Å². The molecule has 5 aromatic rings. The molecule has 0 spiro atoms. The number of aromatic nitrogens is 4. The van der Waals surface area contributed by atoms with Gasteiger partial charge >= 0.3 is 12.1 Å². The lowest BCUT2D eigenvalue weighted by Crippen LogP contribution is -2.40. The summed E-state index contributed by atoms with van der Waals surface area (Å²) in [5, 5.41) is 21.7. The lowest BCUT2D eigenvalue weighted by atomic mass is 9.88. The third-order valence-corrected chi connectivity index (χ3v) is 9.98. The van der Waals surface area contributed by atoms with Gasteiger partial charge in [-0.15, -0.1) is 0 Å². The summed E-state index contributed by atoms with van der Waals surface area (Å²) in [5.41, 5.74) is 2.13. The Kier molecular flexibility index (Phi) is 14.4. The van der Waals surface area contributed by atoms with Crippen molar-refractivity contribution in [1.29, 1.82) is 0 Å². The number of hydrogen-bond donors (Lipinski definition) is 0. The van der Waals surface area contributed by atoms with Crippen LogP contribution in [0, 0.1) is 26.1 Å². The monoisotopic (exact) mass is 749 g/mol. The number of rotatable bonds is 7. The van der Waals surface area contributed by atoms with Crippen molar-refractivity contribution in [2.24, 2.45) is 5.92 Å². The number of non-ortho nitro benzene ring substituents is 2. The molecule has 1 amide bonds. The molecular weight excluding hydrogens is 702 g/mol. The zero-order valence-corrected chi connectivity index (χ0v) is 31.2. The lowest BCUT2D eigenvalue weighted by molar-refractivity contribution is -0.385. The van der Waals surface area contributed by atoms with Gasteiger partial charge in [-0.05, 0) is 30.9 Å². The summed E-state index contributed by atoms with van der Waals surface area (Å²) in [5.74, 6) is 1.51. The van der Waals surface area contributed by atoms with Gasteiger partial charge in [0.15, 0.2) is 0 Å². The van der Waals surface area contributed by atoms with E-state index in [9.17, 15) is 29.8 Å². The maximum atomic E-state index is 12.6. The average molecular weight is 750 g/mol. The molecule has 55 heavy (non-hydrogen) atoms. The Bertz CT molecular complexity index is 2030. The normalized spacial score (nSPS) is 14.4. The van der Waals surface area contributed by atoms with Gasteiger partial charge in [0, 0.05) is 60.9 Å². The van der Waals surface area contributed by atoms with Crippen molar-refractivity contribution >= 4 is 23.5 Å². The van der Waals surface area contributed by atoms with Crippen LogP contribution in [0.1, 0.15) is 77.6 Å². The van der Waals surface area contributed by atoms with Crippen LogP contribution in [0.3, 0.4) is 0 Å². The SMILES string of the molecule is CCC1CCCCC1.CN(C(=O)n1cnc(-c2cccc([N+](=O)[O-])c2)c1)C1CCCCC1.O=C(Oc1ccccc1)n1cnc(-c2cccc([N+](=O)[O-])c2)c1. The number of nitro benzene ring substituents is 2. The second kappa shape index (κ2) is 19.8. The second-order valence-corrected chi connectivity index (χ2v) is 13.7. The summed E-state index contributed by atoms with van der Waals surface area (Å²) >= 11 is 0. The van der Waals surface area contributed by atoms with Crippen molar-refractivity contribution in [3.63, 3.8) is 0 Å². The number of nitro groups is 2. The van der Waals surface area contributed by atoms with Crippen LogP contribution in [-0.2, 0) is 0 Å². The summed E-state index contributed by atoms with van der Waals surface area (Å²) in [6.07, 6.45) is 19.8. The Hall–Kier alpha value is -6.18. The summed E-state index contributed by atoms with van der Waals surface area (Å²) in [4.78, 5) is 55.5. The van der Waals surface area contributed by atoms with E-state index in [-0.39, 0.29) is 23.4 Å². The molecule has 2 saturated carbocycles. The molecule has 288 valence electrons. The quantitative estimate of drug-likeness (QED) is 0.116. The zero-order valence-electron chi connectivity index (χ0n) is 31.2. The Morgan fingerprint density at radius 2 is 1.24 bits per heavy atom. The van der Waals surface area contributed by atoms with E-state index in [0.717, 1.165) is 31.6 Å². The van der Waals surface area contributed by atoms with Gasteiger partial charge in [-0.2, -0.15) is 0 Å². The molecule has 0 saturated heterocycles. The number of benzene rings is 3. The van der Waals surface area contributed by atoms with Crippen LogP contribution < -0.4 is 4.74 Å². The van der Waals surface area contributed by atoms with E-state index >= 15 is 0 Å². The molecule has 14 heteroatoms. The highest BCUT2D eigenvalue weighted by Crippen LogP contribution is 2.27. The number of para-hydroxylation sites is 1. The van der Waals surface area contributed by atoms with Crippen molar-refractivity contribution in [2.75, 3.05) is 7.05 Å². The molecule has 2 fully saturated rings. The third-order valence-electron chi connectivity index (χ3n) is 9.98. The van der Waals surface area contributed by atoms with Crippen LogP contribution in [0.15, 0.2) is 104 Å². The molecule has 0 aliphatic heterocycles. The first kappa shape index (κ1) is 40.0. The topological polar surface area (TPSA) is 169 Å². The number of nitrogens with zero attached hydrogens (tertiary/aromatic N) is 7. The molecule has 2 heterocycles. The van der Waals surface area contributed by atoms with Crippen LogP contribution >= 0.6 is 0 Å². The van der Waals surface area contributed by atoms with Crippen LogP contribution in [0.2, 0.25) is 0 Å². The van der Waals surface area contributed by atoms with Gasteiger partial charge in [0.1, 0.15) is 18.4 Å². The molecule has 2 aliphatic carbocycles. The number of amides is 1. The number of carbonyl (C=O) groups excluding carboxylic acids is 2. The largest absolute Gasteiger partial charge is 0.424 e. The lowest BCUT2D eigenvalue weighted by Gasteiger charge is -2.31.